The molecule has 0 aliphatic heterocycles. The number of benzene rings is 1. The Hall–Kier alpha value is -1.87. The van der Waals surface area contributed by atoms with Gasteiger partial charge in [0.2, 0.25) is 0 Å². The average Bonchev–Trinajstić information content (AvgIpc) is 2.50. The highest BCUT2D eigenvalue weighted by Gasteiger charge is 1.96. The third-order valence-electron chi connectivity index (χ3n) is 3.06. The predicted molar refractivity (Wildman–Crippen MR) is 81.9 cm³/mol. The van der Waals surface area contributed by atoms with E-state index >= 15 is 0 Å². The van der Waals surface area contributed by atoms with Crippen molar-refractivity contribution in [3.05, 3.63) is 59.9 Å². The second-order valence-corrected chi connectivity index (χ2v) is 4.78. The van der Waals surface area contributed by atoms with Gasteiger partial charge in [0.1, 0.15) is 12.4 Å². The molecule has 0 saturated heterocycles. The summed E-state index contributed by atoms with van der Waals surface area (Å²) in [5.74, 6) is 0.938. The van der Waals surface area contributed by atoms with E-state index in [1.165, 1.54) is 17.5 Å². The van der Waals surface area contributed by atoms with Crippen LogP contribution in [0.25, 0.3) is 0 Å². The molecule has 1 heterocycles. The molecule has 0 saturated carbocycles. The SMILES string of the molecule is CCCc1ccc(OCCNCc2cccnc2)cc1. The van der Waals surface area contributed by atoms with Crippen LogP contribution in [0.15, 0.2) is 48.8 Å². The lowest BCUT2D eigenvalue weighted by molar-refractivity contribution is 0.313. The molecule has 0 spiro atoms. The standard InChI is InChI=1S/C17H22N2O/c1-2-4-15-6-8-17(9-7-15)20-12-11-19-14-16-5-3-10-18-13-16/h3,5-10,13,19H,2,4,11-12,14H2,1H3. The van der Waals surface area contributed by atoms with Crippen molar-refractivity contribution in [2.24, 2.45) is 0 Å². The quantitative estimate of drug-likeness (QED) is 0.748. The van der Waals surface area contributed by atoms with Crippen molar-refractivity contribution >= 4 is 0 Å². The first-order chi connectivity index (χ1) is 9.88. The van der Waals surface area contributed by atoms with Gasteiger partial charge in [-0.1, -0.05) is 31.5 Å². The Morgan fingerprint density at radius 3 is 2.65 bits per heavy atom. The smallest absolute Gasteiger partial charge is 0.119 e. The van der Waals surface area contributed by atoms with Gasteiger partial charge in [0, 0.05) is 25.5 Å². The summed E-state index contributed by atoms with van der Waals surface area (Å²) >= 11 is 0. The normalized spacial score (nSPS) is 10.4. The molecule has 20 heavy (non-hydrogen) atoms. The summed E-state index contributed by atoms with van der Waals surface area (Å²) in [5.41, 5.74) is 2.56. The van der Waals surface area contributed by atoms with E-state index < -0.39 is 0 Å². The molecule has 2 aromatic rings. The van der Waals surface area contributed by atoms with E-state index in [-0.39, 0.29) is 0 Å². The van der Waals surface area contributed by atoms with Crippen molar-refractivity contribution in [3.63, 3.8) is 0 Å². The summed E-state index contributed by atoms with van der Waals surface area (Å²) < 4.78 is 5.70. The summed E-state index contributed by atoms with van der Waals surface area (Å²) in [4.78, 5) is 4.08. The highest BCUT2D eigenvalue weighted by Crippen LogP contribution is 2.13. The molecule has 106 valence electrons. The van der Waals surface area contributed by atoms with Gasteiger partial charge in [-0.2, -0.15) is 0 Å². The first kappa shape index (κ1) is 14.5. The first-order valence-corrected chi connectivity index (χ1v) is 7.20. The molecule has 3 heteroatoms. The van der Waals surface area contributed by atoms with Gasteiger partial charge >= 0.3 is 0 Å². The Morgan fingerprint density at radius 1 is 1.10 bits per heavy atom. The minimum atomic E-state index is 0.674. The molecule has 1 aromatic heterocycles. The number of aromatic nitrogens is 1. The van der Waals surface area contributed by atoms with Gasteiger partial charge in [-0.05, 0) is 35.7 Å². The van der Waals surface area contributed by atoms with E-state index in [0.29, 0.717) is 6.61 Å². The molecule has 0 fully saturated rings. The number of pyridine rings is 1. The van der Waals surface area contributed by atoms with E-state index in [2.05, 4.69) is 35.4 Å². The number of nitrogens with one attached hydrogen (secondary N) is 1. The van der Waals surface area contributed by atoms with Gasteiger partial charge in [-0.25, -0.2) is 0 Å². The zero-order valence-electron chi connectivity index (χ0n) is 12.0. The Morgan fingerprint density at radius 2 is 1.95 bits per heavy atom. The fourth-order valence-corrected chi connectivity index (χ4v) is 2.02. The lowest BCUT2D eigenvalue weighted by atomic mass is 10.1. The molecule has 0 unspecified atom stereocenters. The number of hydrogen-bond donors (Lipinski definition) is 1. The minimum absolute atomic E-state index is 0.674. The van der Waals surface area contributed by atoms with Crippen LogP contribution < -0.4 is 10.1 Å². The van der Waals surface area contributed by atoms with Crippen molar-refractivity contribution in [2.75, 3.05) is 13.2 Å². The number of rotatable bonds is 8. The maximum Gasteiger partial charge on any atom is 0.119 e. The lowest BCUT2D eigenvalue weighted by Crippen LogP contribution is -2.20. The summed E-state index contributed by atoms with van der Waals surface area (Å²) in [7, 11) is 0. The number of aryl methyl sites for hydroxylation is 1. The van der Waals surface area contributed by atoms with Crippen LogP contribution in [0.5, 0.6) is 5.75 Å². The van der Waals surface area contributed by atoms with Crippen LogP contribution in [-0.4, -0.2) is 18.1 Å². The molecule has 0 aliphatic carbocycles. The van der Waals surface area contributed by atoms with Gasteiger partial charge in [0.15, 0.2) is 0 Å². The van der Waals surface area contributed by atoms with Gasteiger partial charge in [-0.3, -0.25) is 4.98 Å². The zero-order chi connectivity index (χ0) is 14.0. The molecule has 3 nitrogen and oxygen atoms in total. The van der Waals surface area contributed by atoms with Crippen LogP contribution in [0.4, 0.5) is 0 Å². The molecule has 0 bridgehead atoms. The van der Waals surface area contributed by atoms with Crippen molar-refractivity contribution in [3.8, 4) is 5.75 Å². The second kappa shape index (κ2) is 8.33. The van der Waals surface area contributed by atoms with E-state index in [1.807, 2.05) is 24.4 Å². The van der Waals surface area contributed by atoms with Crippen LogP contribution >= 0.6 is 0 Å². The fraction of sp³-hybridized carbons (Fsp3) is 0.353. The van der Waals surface area contributed by atoms with Crippen molar-refractivity contribution in [1.29, 1.82) is 0 Å². The van der Waals surface area contributed by atoms with Crippen LogP contribution in [0.2, 0.25) is 0 Å². The second-order valence-electron chi connectivity index (χ2n) is 4.78. The van der Waals surface area contributed by atoms with Crippen molar-refractivity contribution < 1.29 is 4.74 Å². The molecule has 0 aliphatic rings. The van der Waals surface area contributed by atoms with Crippen LogP contribution in [0.3, 0.4) is 0 Å². The number of ether oxygens (including phenoxy) is 1. The van der Waals surface area contributed by atoms with Crippen LogP contribution in [0.1, 0.15) is 24.5 Å². The largest absolute Gasteiger partial charge is 0.492 e. The van der Waals surface area contributed by atoms with Crippen LogP contribution in [-0.2, 0) is 13.0 Å². The number of nitrogens with zero attached hydrogens (tertiary/aromatic N) is 1. The van der Waals surface area contributed by atoms with Gasteiger partial charge < -0.3 is 10.1 Å². The van der Waals surface area contributed by atoms with Gasteiger partial charge in [-0.15, -0.1) is 0 Å². The van der Waals surface area contributed by atoms with E-state index in [0.717, 1.165) is 25.3 Å². The lowest BCUT2D eigenvalue weighted by Gasteiger charge is -2.08. The Labute approximate surface area is 121 Å². The monoisotopic (exact) mass is 270 g/mol. The molecular formula is C17H22N2O. The first-order valence-electron chi connectivity index (χ1n) is 7.20. The number of hydrogen-bond acceptors (Lipinski definition) is 3. The average molecular weight is 270 g/mol. The topological polar surface area (TPSA) is 34.1 Å². The van der Waals surface area contributed by atoms with Crippen molar-refractivity contribution in [2.45, 2.75) is 26.3 Å². The molecule has 0 radical (unpaired) electrons. The Balaban J connectivity index is 1.63. The fourth-order valence-electron chi connectivity index (χ4n) is 2.02. The Kier molecular flexibility index (Phi) is 6.06. The molecule has 0 amide bonds. The van der Waals surface area contributed by atoms with Crippen LogP contribution in [0, 0.1) is 0 Å². The molecule has 1 N–H and O–H groups in total. The molecule has 1 aromatic carbocycles. The van der Waals surface area contributed by atoms with Gasteiger partial charge in [0.05, 0.1) is 0 Å². The predicted octanol–water partition coefficient (Wildman–Crippen LogP) is 3.20. The van der Waals surface area contributed by atoms with E-state index in [4.69, 9.17) is 4.74 Å². The minimum Gasteiger partial charge on any atom is -0.492 e. The maximum atomic E-state index is 5.70. The highest BCUT2D eigenvalue weighted by molar-refractivity contribution is 5.27. The molecular weight excluding hydrogens is 248 g/mol. The highest BCUT2D eigenvalue weighted by atomic mass is 16.5. The summed E-state index contributed by atoms with van der Waals surface area (Å²) in [6.45, 7) is 4.52. The zero-order valence-corrected chi connectivity index (χ0v) is 12.0. The van der Waals surface area contributed by atoms with Gasteiger partial charge in [0.25, 0.3) is 0 Å². The van der Waals surface area contributed by atoms with Crippen molar-refractivity contribution in [1.82, 2.24) is 10.3 Å². The summed E-state index contributed by atoms with van der Waals surface area (Å²) in [5, 5.41) is 3.34. The maximum absolute atomic E-state index is 5.70. The molecule has 2 rings (SSSR count). The summed E-state index contributed by atoms with van der Waals surface area (Å²) in [6.07, 6.45) is 5.97. The molecule has 0 atom stereocenters. The third-order valence-corrected chi connectivity index (χ3v) is 3.06. The van der Waals surface area contributed by atoms with E-state index in [1.54, 1.807) is 6.20 Å². The van der Waals surface area contributed by atoms with E-state index in [9.17, 15) is 0 Å². The summed E-state index contributed by atoms with van der Waals surface area (Å²) in [6, 6.07) is 12.4. The Bertz CT molecular complexity index is 482. The third kappa shape index (κ3) is 5.02.